The van der Waals surface area contributed by atoms with E-state index in [1.807, 2.05) is 37.3 Å². The predicted molar refractivity (Wildman–Crippen MR) is 130 cm³/mol. The van der Waals surface area contributed by atoms with E-state index >= 15 is 0 Å². The molecule has 0 aromatic heterocycles. The predicted octanol–water partition coefficient (Wildman–Crippen LogP) is 3.90. The summed E-state index contributed by atoms with van der Waals surface area (Å²) in [6.45, 7) is 5.82. The molecule has 0 amide bonds. The van der Waals surface area contributed by atoms with Crippen LogP contribution in [-0.4, -0.2) is 37.1 Å². The number of para-hydroxylation sites is 1. The molecule has 2 unspecified atom stereocenters. The maximum absolute atomic E-state index is 13.3. The average molecular weight is 480 g/mol. The Morgan fingerprint density at radius 2 is 1.63 bits per heavy atom. The standard InChI is InChI=1S/C26H29N3O6/c1-16(19-10-6-5-7-11-19)27-14-15-35-26(31)23-18(3)28-17(2)22(25(30)34-4)24(23)20-12-8-9-13-21(20)29(32)33/h5-13,16,24,27-28H,14-15H2,1-4H3. The van der Waals surface area contributed by atoms with Gasteiger partial charge >= 0.3 is 11.9 Å². The third-order valence-corrected chi connectivity index (χ3v) is 5.92. The van der Waals surface area contributed by atoms with E-state index in [1.165, 1.54) is 25.3 Å². The Morgan fingerprint density at radius 3 is 2.26 bits per heavy atom. The number of nitro groups is 1. The number of nitrogens with zero attached hydrogens (tertiary/aromatic N) is 1. The van der Waals surface area contributed by atoms with E-state index in [9.17, 15) is 19.7 Å². The highest BCUT2D eigenvalue weighted by Crippen LogP contribution is 2.42. The normalized spacial score (nSPS) is 16.4. The molecule has 2 aromatic carbocycles. The van der Waals surface area contributed by atoms with Gasteiger partial charge in [-0.3, -0.25) is 10.1 Å². The number of allylic oxidation sites excluding steroid dienone is 2. The molecule has 35 heavy (non-hydrogen) atoms. The van der Waals surface area contributed by atoms with E-state index < -0.39 is 22.8 Å². The number of nitrogens with one attached hydrogen (secondary N) is 2. The molecule has 1 aliphatic rings. The second kappa shape index (κ2) is 11.4. The molecule has 184 valence electrons. The highest BCUT2D eigenvalue weighted by molar-refractivity contribution is 6.00. The second-order valence-electron chi connectivity index (χ2n) is 8.17. The van der Waals surface area contributed by atoms with Gasteiger partial charge in [0.2, 0.25) is 0 Å². The number of carbonyl (C=O) groups is 2. The Kier molecular flexibility index (Phi) is 8.38. The molecule has 9 nitrogen and oxygen atoms in total. The van der Waals surface area contributed by atoms with Gasteiger partial charge in [0.25, 0.3) is 5.69 Å². The third kappa shape index (κ3) is 5.75. The smallest absolute Gasteiger partial charge is 0.336 e. The van der Waals surface area contributed by atoms with Crippen molar-refractivity contribution in [2.24, 2.45) is 0 Å². The van der Waals surface area contributed by atoms with Crippen LogP contribution in [0.2, 0.25) is 0 Å². The topological polar surface area (TPSA) is 120 Å². The summed E-state index contributed by atoms with van der Waals surface area (Å²) in [5.41, 5.74) is 2.26. The first-order valence-electron chi connectivity index (χ1n) is 11.2. The number of methoxy groups -OCH3 is 1. The average Bonchev–Trinajstić information content (AvgIpc) is 2.85. The molecule has 1 aliphatic heterocycles. The summed E-state index contributed by atoms with van der Waals surface area (Å²) in [6, 6.07) is 16.0. The van der Waals surface area contributed by atoms with Crippen LogP contribution in [0.25, 0.3) is 0 Å². The van der Waals surface area contributed by atoms with Crippen molar-refractivity contribution in [2.45, 2.75) is 32.7 Å². The van der Waals surface area contributed by atoms with Gasteiger partial charge in [-0.05, 0) is 26.3 Å². The first kappa shape index (κ1) is 25.6. The maximum atomic E-state index is 13.3. The van der Waals surface area contributed by atoms with Gasteiger partial charge < -0.3 is 20.1 Å². The monoisotopic (exact) mass is 479 g/mol. The van der Waals surface area contributed by atoms with E-state index in [0.29, 0.717) is 17.9 Å². The van der Waals surface area contributed by atoms with Crippen LogP contribution < -0.4 is 10.6 Å². The molecular weight excluding hydrogens is 450 g/mol. The molecule has 0 saturated heterocycles. The fourth-order valence-electron chi connectivity index (χ4n) is 4.21. The highest BCUT2D eigenvalue weighted by Gasteiger charge is 2.40. The lowest BCUT2D eigenvalue weighted by molar-refractivity contribution is -0.385. The van der Waals surface area contributed by atoms with E-state index in [-0.39, 0.29) is 35.0 Å². The molecule has 0 saturated carbocycles. The van der Waals surface area contributed by atoms with E-state index in [1.54, 1.807) is 19.9 Å². The Hall–Kier alpha value is -3.98. The number of ether oxygens (including phenoxy) is 2. The second-order valence-corrected chi connectivity index (χ2v) is 8.17. The van der Waals surface area contributed by atoms with E-state index in [0.717, 1.165) is 5.56 Å². The quantitative estimate of drug-likeness (QED) is 0.241. The van der Waals surface area contributed by atoms with Crippen LogP contribution in [0.1, 0.15) is 43.9 Å². The van der Waals surface area contributed by atoms with Crippen molar-refractivity contribution in [3.05, 3.63) is 98.4 Å². The number of hydrogen-bond donors (Lipinski definition) is 2. The van der Waals surface area contributed by atoms with Gasteiger partial charge in [-0.1, -0.05) is 48.5 Å². The number of dihydropyridines is 1. The summed E-state index contributed by atoms with van der Waals surface area (Å²) in [4.78, 5) is 37.2. The number of rotatable bonds is 9. The molecule has 0 fully saturated rings. The van der Waals surface area contributed by atoms with Crippen LogP contribution >= 0.6 is 0 Å². The Balaban J connectivity index is 1.85. The number of carbonyl (C=O) groups excluding carboxylic acids is 2. The summed E-state index contributed by atoms with van der Waals surface area (Å²) in [5.74, 6) is -2.37. The molecule has 0 spiro atoms. The first-order chi connectivity index (χ1) is 16.8. The van der Waals surface area contributed by atoms with Gasteiger partial charge in [-0.15, -0.1) is 0 Å². The minimum Gasteiger partial charge on any atom is -0.466 e. The van der Waals surface area contributed by atoms with Crippen molar-refractivity contribution >= 4 is 17.6 Å². The molecule has 0 bridgehead atoms. The van der Waals surface area contributed by atoms with Crippen molar-refractivity contribution in [2.75, 3.05) is 20.3 Å². The zero-order chi connectivity index (χ0) is 25.5. The lowest BCUT2D eigenvalue weighted by Gasteiger charge is -2.30. The van der Waals surface area contributed by atoms with Crippen LogP contribution in [0.4, 0.5) is 5.69 Å². The summed E-state index contributed by atoms with van der Waals surface area (Å²) >= 11 is 0. The van der Waals surface area contributed by atoms with Gasteiger partial charge in [0.05, 0.1) is 29.1 Å². The van der Waals surface area contributed by atoms with Gasteiger partial charge in [0.15, 0.2) is 0 Å². The van der Waals surface area contributed by atoms with Crippen LogP contribution in [0.15, 0.2) is 77.1 Å². The van der Waals surface area contributed by atoms with Crippen molar-refractivity contribution in [3.8, 4) is 0 Å². The third-order valence-electron chi connectivity index (χ3n) is 5.92. The van der Waals surface area contributed by atoms with Crippen molar-refractivity contribution < 1.29 is 24.0 Å². The number of nitro benzene ring substituents is 1. The van der Waals surface area contributed by atoms with Crippen LogP contribution in [0.3, 0.4) is 0 Å². The Morgan fingerprint density at radius 1 is 1.03 bits per heavy atom. The van der Waals surface area contributed by atoms with Crippen molar-refractivity contribution in [1.29, 1.82) is 0 Å². The number of hydrogen-bond acceptors (Lipinski definition) is 8. The van der Waals surface area contributed by atoms with Gasteiger partial charge in [-0.25, -0.2) is 9.59 Å². The minimum absolute atomic E-state index is 0.0587. The molecule has 0 radical (unpaired) electrons. The van der Waals surface area contributed by atoms with Crippen LogP contribution in [-0.2, 0) is 19.1 Å². The molecule has 9 heteroatoms. The maximum Gasteiger partial charge on any atom is 0.336 e. The molecule has 1 heterocycles. The van der Waals surface area contributed by atoms with Crippen LogP contribution in [0, 0.1) is 10.1 Å². The first-order valence-corrected chi connectivity index (χ1v) is 11.2. The van der Waals surface area contributed by atoms with Crippen molar-refractivity contribution in [3.63, 3.8) is 0 Å². The molecule has 2 aromatic rings. The fourth-order valence-corrected chi connectivity index (χ4v) is 4.21. The number of benzene rings is 2. The number of esters is 2. The highest BCUT2D eigenvalue weighted by atomic mass is 16.6. The molecule has 0 aliphatic carbocycles. The summed E-state index contributed by atoms with van der Waals surface area (Å²) < 4.78 is 10.5. The summed E-state index contributed by atoms with van der Waals surface area (Å²) in [5, 5.41) is 18.1. The Bertz CT molecular complexity index is 1170. The van der Waals surface area contributed by atoms with Gasteiger partial charge in [-0.2, -0.15) is 0 Å². The van der Waals surface area contributed by atoms with E-state index in [4.69, 9.17) is 9.47 Å². The zero-order valence-electron chi connectivity index (χ0n) is 20.2. The SMILES string of the molecule is COC(=O)C1=C(C)NC(C)=C(C(=O)OCCNC(C)c2ccccc2)C1c1ccccc1[N+](=O)[O-]. The lowest BCUT2D eigenvalue weighted by atomic mass is 9.79. The molecule has 2 N–H and O–H groups in total. The molecule has 2 atom stereocenters. The lowest BCUT2D eigenvalue weighted by Crippen LogP contribution is -2.33. The fraction of sp³-hybridized carbons (Fsp3) is 0.308. The summed E-state index contributed by atoms with van der Waals surface area (Å²) in [7, 11) is 1.22. The van der Waals surface area contributed by atoms with E-state index in [2.05, 4.69) is 10.6 Å². The van der Waals surface area contributed by atoms with Crippen LogP contribution in [0.5, 0.6) is 0 Å². The molecular formula is C26H29N3O6. The summed E-state index contributed by atoms with van der Waals surface area (Å²) in [6.07, 6.45) is 0. The van der Waals surface area contributed by atoms with Gasteiger partial charge in [0, 0.05) is 35.6 Å². The zero-order valence-corrected chi connectivity index (χ0v) is 20.2. The van der Waals surface area contributed by atoms with Gasteiger partial charge in [0.1, 0.15) is 6.61 Å². The minimum atomic E-state index is -1.02. The largest absolute Gasteiger partial charge is 0.466 e. The van der Waals surface area contributed by atoms with Crippen molar-refractivity contribution in [1.82, 2.24) is 10.6 Å². The molecule has 3 rings (SSSR count). The Labute approximate surface area is 204 Å².